The van der Waals surface area contributed by atoms with Gasteiger partial charge in [-0.05, 0) is 59.5 Å². The summed E-state index contributed by atoms with van der Waals surface area (Å²) in [4.78, 5) is 2.51. The third-order valence-electron chi connectivity index (χ3n) is 8.94. The van der Waals surface area contributed by atoms with E-state index in [1.165, 1.54) is 50.2 Å². The maximum Gasteiger partial charge on any atom is 0.135 e. The van der Waals surface area contributed by atoms with Gasteiger partial charge in [-0.3, -0.25) is 0 Å². The summed E-state index contributed by atoms with van der Waals surface area (Å²) in [5.41, 5.74) is 10.7. The second-order valence-corrected chi connectivity index (χ2v) is 11.3. The van der Waals surface area contributed by atoms with Crippen molar-refractivity contribution in [3.05, 3.63) is 138 Å². The van der Waals surface area contributed by atoms with E-state index < -0.39 is 0 Å². The Morgan fingerprint density at radius 3 is 2.59 bits per heavy atom. The van der Waals surface area contributed by atoms with Gasteiger partial charge in [-0.25, -0.2) is 0 Å². The Labute approximate surface area is 238 Å². The van der Waals surface area contributed by atoms with Crippen LogP contribution < -0.4 is 15.0 Å². The van der Waals surface area contributed by atoms with Gasteiger partial charge in [-0.1, -0.05) is 85.0 Å². The van der Waals surface area contributed by atoms with Crippen LogP contribution in [0.5, 0.6) is 5.75 Å². The minimum absolute atomic E-state index is 0.0455. The Bertz CT molecular complexity index is 1930. The van der Waals surface area contributed by atoms with Gasteiger partial charge in [0.15, 0.2) is 0 Å². The van der Waals surface area contributed by atoms with Crippen LogP contribution >= 0.6 is 0 Å². The number of ether oxygens (including phenoxy) is 1. The zero-order valence-electron chi connectivity index (χ0n) is 22.5. The highest BCUT2D eigenvalue weighted by Crippen LogP contribution is 2.46. The van der Waals surface area contributed by atoms with E-state index in [0.717, 1.165) is 29.9 Å². The second-order valence-electron chi connectivity index (χ2n) is 11.3. The standard InChI is InChI=1S/C37H28N2O2/c1-2-8-26(9-3-1)39-32-12-6-5-11-31(32)38-37(39)24-16-14-23(15-17-24)25-18-19-34-28(20-25)30-22-35-29(21-36(30)41-34)27-10-4-7-13-33(27)40-35/h1-8,10-21,26,35,37-38H,9,22H2. The van der Waals surface area contributed by atoms with E-state index in [-0.39, 0.29) is 12.3 Å². The normalized spacial score (nSPS) is 21.5. The molecule has 198 valence electrons. The monoisotopic (exact) mass is 532 g/mol. The van der Waals surface area contributed by atoms with Crippen LogP contribution in [0, 0.1) is 0 Å². The summed E-state index contributed by atoms with van der Waals surface area (Å²) < 4.78 is 12.6. The van der Waals surface area contributed by atoms with Gasteiger partial charge in [-0.15, -0.1) is 0 Å². The molecule has 0 fully saturated rings. The lowest BCUT2D eigenvalue weighted by Gasteiger charge is -2.34. The Kier molecular flexibility index (Phi) is 4.88. The van der Waals surface area contributed by atoms with Crippen LogP contribution in [-0.2, 0) is 6.42 Å². The van der Waals surface area contributed by atoms with E-state index in [2.05, 4.69) is 126 Å². The molecule has 4 aliphatic rings. The first-order valence-corrected chi connectivity index (χ1v) is 14.4. The first-order chi connectivity index (χ1) is 20.3. The van der Waals surface area contributed by atoms with Gasteiger partial charge in [0.25, 0.3) is 0 Å². The Morgan fingerprint density at radius 1 is 0.829 bits per heavy atom. The number of para-hydroxylation sites is 3. The zero-order chi connectivity index (χ0) is 26.9. The lowest BCUT2D eigenvalue weighted by molar-refractivity contribution is 0.275. The summed E-state index contributed by atoms with van der Waals surface area (Å²) in [6, 6.07) is 32.8. The molecule has 0 spiro atoms. The lowest BCUT2D eigenvalue weighted by atomic mass is 9.90. The SMILES string of the molecule is C1=CCC(N2c3ccccc3NC2c2ccc(-c3ccc4oc5c(c4c3)CC3Oc4ccccc4C3=C5)cc2)C=C1. The van der Waals surface area contributed by atoms with Gasteiger partial charge in [-0.2, -0.15) is 0 Å². The van der Waals surface area contributed by atoms with Crippen molar-refractivity contribution in [2.45, 2.75) is 31.2 Å². The molecule has 1 aromatic heterocycles. The summed E-state index contributed by atoms with van der Waals surface area (Å²) in [5, 5.41) is 4.95. The van der Waals surface area contributed by atoms with Gasteiger partial charge in [0.1, 0.15) is 29.4 Å². The van der Waals surface area contributed by atoms with E-state index in [1.54, 1.807) is 0 Å². The molecule has 9 rings (SSSR count). The molecule has 2 aliphatic carbocycles. The van der Waals surface area contributed by atoms with E-state index in [1.807, 2.05) is 6.07 Å². The summed E-state index contributed by atoms with van der Waals surface area (Å²) in [6.07, 6.45) is 13.0. The third kappa shape index (κ3) is 3.53. The predicted molar refractivity (Wildman–Crippen MR) is 166 cm³/mol. The molecule has 0 bridgehead atoms. The van der Waals surface area contributed by atoms with Crippen molar-refractivity contribution in [1.82, 2.24) is 0 Å². The first-order valence-electron chi connectivity index (χ1n) is 14.4. The van der Waals surface area contributed by atoms with E-state index in [4.69, 9.17) is 9.15 Å². The van der Waals surface area contributed by atoms with Crippen LogP contribution in [-0.4, -0.2) is 12.1 Å². The van der Waals surface area contributed by atoms with Crippen molar-refractivity contribution in [2.75, 3.05) is 10.2 Å². The number of furan rings is 1. The molecule has 3 atom stereocenters. The molecule has 3 unspecified atom stereocenters. The van der Waals surface area contributed by atoms with E-state index >= 15 is 0 Å². The highest BCUT2D eigenvalue weighted by molar-refractivity contribution is 5.96. The second kappa shape index (κ2) is 8.77. The summed E-state index contributed by atoms with van der Waals surface area (Å²) in [7, 11) is 0. The number of fused-ring (bicyclic) bond motifs is 7. The van der Waals surface area contributed by atoms with Crippen LogP contribution in [0.15, 0.2) is 120 Å². The molecular weight excluding hydrogens is 504 g/mol. The highest BCUT2D eigenvalue weighted by Gasteiger charge is 2.35. The number of anilines is 2. The molecular formula is C37H28N2O2. The van der Waals surface area contributed by atoms with Gasteiger partial charge < -0.3 is 19.4 Å². The van der Waals surface area contributed by atoms with E-state index in [9.17, 15) is 0 Å². The smallest absolute Gasteiger partial charge is 0.135 e. The first kappa shape index (κ1) is 22.8. The summed E-state index contributed by atoms with van der Waals surface area (Å²) >= 11 is 0. The largest absolute Gasteiger partial charge is 0.485 e. The van der Waals surface area contributed by atoms with Gasteiger partial charge >= 0.3 is 0 Å². The van der Waals surface area contributed by atoms with Crippen LogP contribution in [0.25, 0.3) is 33.7 Å². The Hall–Kier alpha value is -4.96. The average molecular weight is 533 g/mol. The van der Waals surface area contributed by atoms with Crippen molar-refractivity contribution in [2.24, 2.45) is 0 Å². The molecule has 4 heteroatoms. The molecule has 0 radical (unpaired) electrons. The molecule has 4 aromatic carbocycles. The fourth-order valence-corrected chi connectivity index (χ4v) is 6.94. The molecule has 41 heavy (non-hydrogen) atoms. The number of allylic oxidation sites excluding steroid dienone is 2. The van der Waals surface area contributed by atoms with Gasteiger partial charge in [0.2, 0.25) is 0 Å². The lowest BCUT2D eigenvalue weighted by Crippen LogP contribution is -2.37. The van der Waals surface area contributed by atoms with Gasteiger partial charge in [0.05, 0.1) is 17.4 Å². The van der Waals surface area contributed by atoms with Crippen LogP contribution in [0.2, 0.25) is 0 Å². The molecule has 4 nitrogen and oxygen atoms in total. The predicted octanol–water partition coefficient (Wildman–Crippen LogP) is 8.77. The average Bonchev–Trinajstić information content (AvgIpc) is 3.71. The van der Waals surface area contributed by atoms with Crippen molar-refractivity contribution >= 4 is 34.0 Å². The number of hydrogen-bond donors (Lipinski definition) is 1. The molecule has 0 amide bonds. The minimum Gasteiger partial charge on any atom is -0.485 e. The highest BCUT2D eigenvalue weighted by atomic mass is 16.5. The number of benzene rings is 4. The van der Waals surface area contributed by atoms with Crippen LogP contribution in [0.3, 0.4) is 0 Å². The van der Waals surface area contributed by atoms with Crippen LogP contribution in [0.4, 0.5) is 11.4 Å². The fourth-order valence-electron chi connectivity index (χ4n) is 6.94. The maximum absolute atomic E-state index is 6.34. The molecule has 0 saturated carbocycles. The maximum atomic E-state index is 6.34. The van der Waals surface area contributed by atoms with Crippen LogP contribution in [0.1, 0.15) is 35.0 Å². The number of nitrogens with one attached hydrogen (secondary N) is 1. The van der Waals surface area contributed by atoms with E-state index in [0.29, 0.717) is 6.04 Å². The summed E-state index contributed by atoms with van der Waals surface area (Å²) in [5.74, 6) is 1.92. The Balaban J connectivity index is 1.04. The topological polar surface area (TPSA) is 37.6 Å². The zero-order valence-corrected chi connectivity index (χ0v) is 22.5. The quantitative estimate of drug-likeness (QED) is 0.252. The summed E-state index contributed by atoms with van der Waals surface area (Å²) in [6.45, 7) is 0. The third-order valence-corrected chi connectivity index (χ3v) is 8.94. The molecule has 3 heterocycles. The number of nitrogens with zero attached hydrogens (tertiary/aromatic N) is 1. The minimum atomic E-state index is 0.0455. The Morgan fingerprint density at radius 2 is 1.68 bits per heavy atom. The van der Waals surface area contributed by atoms with Crippen molar-refractivity contribution in [3.8, 4) is 16.9 Å². The van der Waals surface area contributed by atoms with Crippen molar-refractivity contribution in [1.29, 1.82) is 0 Å². The molecule has 0 saturated heterocycles. The fraction of sp³-hybridized carbons (Fsp3) is 0.135. The number of rotatable bonds is 3. The molecule has 2 aliphatic heterocycles. The van der Waals surface area contributed by atoms with Gasteiger partial charge in [0, 0.05) is 28.5 Å². The molecule has 1 N–H and O–H groups in total. The molecule has 5 aromatic rings. The van der Waals surface area contributed by atoms with Crippen molar-refractivity contribution in [3.63, 3.8) is 0 Å². The number of hydrogen-bond acceptors (Lipinski definition) is 4. The van der Waals surface area contributed by atoms with Crippen molar-refractivity contribution < 1.29 is 9.15 Å².